The Morgan fingerprint density at radius 2 is 0.676 bits per heavy atom. The van der Waals surface area contributed by atoms with Crippen LogP contribution in [0.3, 0.4) is 0 Å². The first kappa shape index (κ1) is 37.6. The molecule has 0 unspecified atom stereocenters. The molecule has 2 aliphatic heterocycles. The minimum Gasteiger partial charge on any atom is -0.458 e. The molecule has 0 saturated heterocycles. The molecule has 0 spiro atoms. The Morgan fingerprint density at radius 3 is 1.10 bits per heavy atom. The van der Waals surface area contributed by atoms with Crippen LogP contribution in [0.5, 0.6) is 23.0 Å². The van der Waals surface area contributed by atoms with Gasteiger partial charge in [-0.1, -0.05) is 164 Å². The van der Waals surface area contributed by atoms with Crippen LogP contribution in [0, 0.1) is 0 Å². The van der Waals surface area contributed by atoms with E-state index < -0.39 is 0 Å². The van der Waals surface area contributed by atoms with Crippen LogP contribution in [0.4, 0.5) is 0 Å². The smallest absolute Gasteiger partial charge is 0.260 e. The molecule has 11 aromatic carbocycles. The molecular weight excluding hydrogens is 864 g/mol. The van der Waals surface area contributed by atoms with Gasteiger partial charge in [-0.2, -0.15) is 0 Å². The molecule has 0 saturated carbocycles. The van der Waals surface area contributed by atoms with Crippen molar-refractivity contribution in [3.05, 3.63) is 224 Å². The van der Waals surface area contributed by atoms with E-state index in [-0.39, 0.29) is 6.71 Å². The van der Waals surface area contributed by atoms with Crippen molar-refractivity contribution in [3.63, 3.8) is 0 Å². The second-order valence-electron chi connectivity index (χ2n) is 19.5. The second kappa shape index (κ2) is 13.7. The average molecular weight is 901 g/mol. The summed E-state index contributed by atoms with van der Waals surface area (Å²) in [7, 11) is 0. The molecule has 71 heavy (non-hydrogen) atoms. The van der Waals surface area contributed by atoms with Gasteiger partial charge in [0.05, 0.1) is 43.9 Å². The van der Waals surface area contributed by atoms with Crippen LogP contribution >= 0.6 is 0 Å². The normalized spacial score (nSPS) is 13.0. The fraction of sp³-hybridized carbons (Fsp3) is 0. The molecule has 0 aliphatic carbocycles. The molecule has 0 bridgehead atoms. The third-order valence-corrected chi connectivity index (χ3v) is 15.9. The third-order valence-electron chi connectivity index (χ3n) is 15.9. The Kier molecular flexibility index (Phi) is 7.26. The number of fused-ring (bicyclic) bond motifs is 18. The molecule has 0 N–H and O–H groups in total. The number of benzene rings is 11. The van der Waals surface area contributed by atoms with Gasteiger partial charge in [-0.25, -0.2) is 0 Å². The lowest BCUT2D eigenvalue weighted by atomic mass is 9.34. The molecule has 0 amide bonds. The molecule has 15 aromatic rings. The highest BCUT2D eigenvalue weighted by molar-refractivity contribution is 6.98. The van der Waals surface area contributed by atoms with Crippen LogP contribution in [-0.4, -0.2) is 15.5 Å². The molecule has 6 heterocycles. The number of nitrogens with zero attached hydrogens (tertiary/aromatic N) is 2. The number of rotatable bonds is 4. The first-order valence-corrected chi connectivity index (χ1v) is 24.5. The lowest BCUT2D eigenvalue weighted by molar-refractivity contribution is 0.470. The zero-order chi connectivity index (χ0) is 46.1. The maximum atomic E-state index is 7.31. The van der Waals surface area contributed by atoms with E-state index in [0.29, 0.717) is 0 Å². The molecule has 326 valence electrons. The first-order chi connectivity index (χ1) is 35.2. The van der Waals surface area contributed by atoms with E-state index in [1.165, 1.54) is 98.9 Å². The van der Waals surface area contributed by atoms with Crippen molar-refractivity contribution in [1.29, 1.82) is 0 Å². The van der Waals surface area contributed by atoms with Crippen LogP contribution in [0.2, 0.25) is 0 Å². The minimum absolute atomic E-state index is 0.132. The molecule has 0 atom stereocenters. The van der Waals surface area contributed by atoms with Crippen molar-refractivity contribution in [3.8, 4) is 67.5 Å². The SMILES string of the molecule is c1ccc(-c2cc3c4ccc(-c5ccccc5)cc4n4c5ccc6c(c5c(c2)c34)Oc2cccc3c2B6c2ccc4c(c2O3)c2cc(-c3ccccc3)cc3c5ccc(-c6ccccc6)cc5n4c32)cc1. The molecular formula is C66H37BN2O2. The quantitative estimate of drug-likeness (QED) is 0.165. The fourth-order valence-corrected chi connectivity index (χ4v) is 12.8. The predicted molar refractivity (Wildman–Crippen MR) is 295 cm³/mol. The molecule has 4 nitrogen and oxygen atoms in total. The van der Waals surface area contributed by atoms with Gasteiger partial charge in [-0.05, 0) is 116 Å². The van der Waals surface area contributed by atoms with Gasteiger partial charge in [-0.3, -0.25) is 0 Å². The zero-order valence-electron chi connectivity index (χ0n) is 38.2. The second-order valence-corrected chi connectivity index (χ2v) is 19.5. The maximum Gasteiger partial charge on any atom is 0.260 e. The summed E-state index contributed by atoms with van der Waals surface area (Å²) >= 11 is 0. The van der Waals surface area contributed by atoms with Crippen LogP contribution in [0.15, 0.2) is 224 Å². The number of ether oxygens (including phenoxy) is 2. The summed E-state index contributed by atoms with van der Waals surface area (Å²) in [5.41, 5.74) is 20.0. The minimum atomic E-state index is -0.132. The van der Waals surface area contributed by atoms with E-state index in [4.69, 9.17) is 9.47 Å². The van der Waals surface area contributed by atoms with Gasteiger partial charge in [0.15, 0.2) is 0 Å². The Balaban J connectivity index is 0.955. The Morgan fingerprint density at radius 1 is 0.282 bits per heavy atom. The van der Waals surface area contributed by atoms with E-state index in [1.54, 1.807) is 0 Å². The van der Waals surface area contributed by atoms with E-state index in [9.17, 15) is 0 Å². The highest BCUT2D eigenvalue weighted by Gasteiger charge is 2.42. The van der Waals surface area contributed by atoms with Crippen LogP contribution in [0.25, 0.3) is 121 Å². The molecule has 0 fully saturated rings. The molecule has 5 heteroatoms. The van der Waals surface area contributed by atoms with Crippen LogP contribution < -0.4 is 25.9 Å². The lowest BCUT2D eigenvalue weighted by Gasteiger charge is -2.33. The van der Waals surface area contributed by atoms with Crippen LogP contribution in [-0.2, 0) is 0 Å². The summed E-state index contributed by atoms with van der Waals surface area (Å²) in [5.74, 6) is 3.49. The van der Waals surface area contributed by atoms with Crippen LogP contribution in [0.1, 0.15) is 0 Å². The van der Waals surface area contributed by atoms with Gasteiger partial charge in [0.1, 0.15) is 23.0 Å². The van der Waals surface area contributed by atoms with Gasteiger partial charge < -0.3 is 18.3 Å². The summed E-state index contributed by atoms with van der Waals surface area (Å²) in [4.78, 5) is 0. The summed E-state index contributed by atoms with van der Waals surface area (Å²) < 4.78 is 19.6. The lowest BCUT2D eigenvalue weighted by Crippen LogP contribution is -2.57. The van der Waals surface area contributed by atoms with Crippen molar-refractivity contribution in [2.45, 2.75) is 0 Å². The topological polar surface area (TPSA) is 27.3 Å². The Labute approximate surface area is 407 Å². The van der Waals surface area contributed by atoms with Gasteiger partial charge in [-0.15, -0.1) is 0 Å². The third kappa shape index (κ3) is 4.99. The van der Waals surface area contributed by atoms with E-state index in [2.05, 4.69) is 233 Å². The summed E-state index contributed by atoms with van der Waals surface area (Å²) in [6, 6.07) is 82.1. The predicted octanol–water partition coefficient (Wildman–Crippen LogP) is 15.4. The highest BCUT2D eigenvalue weighted by Crippen LogP contribution is 2.50. The summed E-state index contributed by atoms with van der Waals surface area (Å²) in [6.45, 7) is -0.132. The standard InChI is InChI=1S/C66H37BN2O2/c1-5-14-38(15-6-1)42-24-26-46-48-32-44(40-18-9-3-10-19-40)34-50-60-54(68(63(48)50)56(46)36-42)30-28-52-65(60)70-58-22-13-23-59-62(58)67(52)53-29-31-55-61(66(53)71-59)51-35-45(41-20-11-4-12-21-41)33-49-47-27-25-43(39-16-7-2-8-17-39)37-57(47)69(55)64(49)51/h1-37H. The molecule has 4 aromatic heterocycles. The maximum absolute atomic E-state index is 7.31. The highest BCUT2D eigenvalue weighted by atomic mass is 16.5. The number of hydrogen-bond donors (Lipinski definition) is 0. The Hall–Kier alpha value is -9.32. The van der Waals surface area contributed by atoms with E-state index in [1.807, 2.05) is 0 Å². The Bertz CT molecular complexity index is 4430. The van der Waals surface area contributed by atoms with E-state index >= 15 is 0 Å². The zero-order valence-corrected chi connectivity index (χ0v) is 38.2. The molecule has 17 rings (SSSR count). The van der Waals surface area contributed by atoms with Crippen molar-refractivity contribution in [2.24, 2.45) is 0 Å². The largest absolute Gasteiger partial charge is 0.458 e. The fourth-order valence-electron chi connectivity index (χ4n) is 12.8. The summed E-state index contributed by atoms with van der Waals surface area (Å²) in [5, 5.41) is 9.60. The van der Waals surface area contributed by atoms with Gasteiger partial charge in [0, 0.05) is 37.8 Å². The van der Waals surface area contributed by atoms with Crippen molar-refractivity contribution in [2.75, 3.05) is 0 Å². The van der Waals surface area contributed by atoms with Gasteiger partial charge >= 0.3 is 0 Å². The average Bonchev–Trinajstić information content (AvgIpc) is 4.19. The van der Waals surface area contributed by atoms with Crippen molar-refractivity contribution >= 4 is 99.3 Å². The van der Waals surface area contributed by atoms with E-state index in [0.717, 1.165) is 61.2 Å². The van der Waals surface area contributed by atoms with Crippen molar-refractivity contribution in [1.82, 2.24) is 8.80 Å². The first-order valence-electron chi connectivity index (χ1n) is 24.5. The summed E-state index contributed by atoms with van der Waals surface area (Å²) in [6.07, 6.45) is 0. The number of hydrogen-bond acceptors (Lipinski definition) is 2. The van der Waals surface area contributed by atoms with Crippen molar-refractivity contribution < 1.29 is 9.47 Å². The van der Waals surface area contributed by atoms with Gasteiger partial charge in [0.2, 0.25) is 0 Å². The molecule has 0 radical (unpaired) electrons. The monoisotopic (exact) mass is 900 g/mol. The van der Waals surface area contributed by atoms with Gasteiger partial charge in [0.25, 0.3) is 6.71 Å². The molecule has 2 aliphatic rings. The number of aromatic nitrogens is 2.